The third kappa shape index (κ3) is 2.96. The fourth-order valence-corrected chi connectivity index (χ4v) is 3.85. The van der Waals surface area contributed by atoms with Crippen molar-refractivity contribution in [3.8, 4) is 0 Å². The van der Waals surface area contributed by atoms with Gasteiger partial charge in [-0.05, 0) is 30.9 Å². The first-order chi connectivity index (χ1) is 7.46. The van der Waals surface area contributed by atoms with Gasteiger partial charge in [-0.2, -0.15) is 0 Å². The van der Waals surface area contributed by atoms with E-state index in [9.17, 15) is 13.2 Å². The summed E-state index contributed by atoms with van der Waals surface area (Å²) in [5.41, 5.74) is 0. The minimum atomic E-state index is -3.32. The first-order valence-corrected chi connectivity index (χ1v) is 7.27. The summed E-state index contributed by atoms with van der Waals surface area (Å²) in [6.45, 7) is 0. The van der Waals surface area contributed by atoms with Gasteiger partial charge in [0.25, 0.3) is 0 Å². The van der Waals surface area contributed by atoms with Crippen LogP contribution >= 0.6 is 11.3 Å². The van der Waals surface area contributed by atoms with Crippen molar-refractivity contribution >= 4 is 32.3 Å². The molecule has 1 fully saturated rings. The predicted molar refractivity (Wildman–Crippen MR) is 61.4 cm³/mol. The molecule has 0 radical (unpaired) electrons. The van der Waals surface area contributed by atoms with Gasteiger partial charge in [0.1, 0.15) is 9.88 Å². The summed E-state index contributed by atoms with van der Waals surface area (Å²) in [4.78, 5) is 10.7. The Hall–Kier alpha value is -1.08. The van der Waals surface area contributed by atoms with Crippen LogP contribution in [0.1, 0.15) is 22.5 Å². The molecule has 0 spiro atoms. The van der Waals surface area contributed by atoms with Crippen molar-refractivity contribution in [3.05, 3.63) is 17.0 Å². The SMILES string of the molecule is O=C(O)c1ccc(NS(=O)(=O)CC2CC2)s1. The first-order valence-electron chi connectivity index (χ1n) is 4.80. The van der Waals surface area contributed by atoms with Gasteiger partial charge in [0.05, 0.1) is 5.75 Å². The second-order valence-corrected chi connectivity index (χ2v) is 6.65. The van der Waals surface area contributed by atoms with Crippen LogP contribution in [0.25, 0.3) is 0 Å². The average Bonchev–Trinajstić information content (AvgIpc) is 2.80. The van der Waals surface area contributed by atoms with Gasteiger partial charge >= 0.3 is 5.97 Å². The quantitative estimate of drug-likeness (QED) is 0.843. The lowest BCUT2D eigenvalue weighted by Gasteiger charge is -2.03. The van der Waals surface area contributed by atoms with Crippen molar-refractivity contribution < 1.29 is 18.3 Å². The molecule has 1 heterocycles. The summed E-state index contributed by atoms with van der Waals surface area (Å²) in [5, 5.41) is 9.04. The highest BCUT2D eigenvalue weighted by atomic mass is 32.2. The summed E-state index contributed by atoms with van der Waals surface area (Å²) in [7, 11) is -3.32. The van der Waals surface area contributed by atoms with Crippen LogP contribution in [0.3, 0.4) is 0 Å². The van der Waals surface area contributed by atoms with Gasteiger partial charge in [0.15, 0.2) is 0 Å². The summed E-state index contributed by atoms with van der Waals surface area (Å²) in [6, 6.07) is 2.86. The molecule has 5 nitrogen and oxygen atoms in total. The average molecular weight is 261 g/mol. The standard InChI is InChI=1S/C9H11NO4S2/c11-9(12)7-3-4-8(15-7)10-16(13,14)5-6-1-2-6/h3-4,6,10H,1-2,5H2,(H,11,12). The second-order valence-electron chi connectivity index (χ2n) is 3.80. The Morgan fingerprint density at radius 3 is 2.69 bits per heavy atom. The van der Waals surface area contributed by atoms with E-state index in [4.69, 9.17) is 5.11 Å². The van der Waals surface area contributed by atoms with E-state index in [-0.39, 0.29) is 16.5 Å². The molecule has 2 N–H and O–H groups in total. The highest BCUT2D eigenvalue weighted by molar-refractivity contribution is 7.92. The normalized spacial score (nSPS) is 16.0. The third-order valence-corrected chi connectivity index (χ3v) is 4.78. The Bertz CT molecular complexity index is 501. The van der Waals surface area contributed by atoms with Crippen LogP contribution in [0.5, 0.6) is 0 Å². The van der Waals surface area contributed by atoms with Crippen molar-refractivity contribution in [3.63, 3.8) is 0 Å². The lowest BCUT2D eigenvalue weighted by molar-refractivity contribution is 0.0702. The van der Waals surface area contributed by atoms with Crippen molar-refractivity contribution in [2.75, 3.05) is 10.5 Å². The van der Waals surface area contributed by atoms with E-state index in [1.54, 1.807) is 0 Å². The molecule has 2 rings (SSSR count). The number of rotatable bonds is 5. The van der Waals surface area contributed by atoms with E-state index >= 15 is 0 Å². The highest BCUT2D eigenvalue weighted by Crippen LogP contribution is 2.31. The molecule has 1 saturated carbocycles. The molecule has 0 unspecified atom stereocenters. The van der Waals surface area contributed by atoms with Crippen LogP contribution in [0, 0.1) is 5.92 Å². The Labute approximate surface area is 97.2 Å². The molecule has 1 aromatic heterocycles. The maximum atomic E-state index is 11.6. The molecule has 88 valence electrons. The molecular weight excluding hydrogens is 250 g/mol. The van der Waals surface area contributed by atoms with E-state index in [2.05, 4.69) is 4.72 Å². The lowest BCUT2D eigenvalue weighted by Crippen LogP contribution is -2.17. The van der Waals surface area contributed by atoms with Gasteiger partial charge in [-0.15, -0.1) is 11.3 Å². The number of sulfonamides is 1. The number of anilines is 1. The molecule has 1 aromatic rings. The van der Waals surface area contributed by atoms with Crippen LogP contribution in [0.2, 0.25) is 0 Å². The minimum Gasteiger partial charge on any atom is -0.477 e. The number of carboxylic acids is 1. The zero-order valence-corrected chi connectivity index (χ0v) is 9.97. The van der Waals surface area contributed by atoms with Crippen LogP contribution in [-0.4, -0.2) is 25.2 Å². The largest absolute Gasteiger partial charge is 0.477 e. The minimum absolute atomic E-state index is 0.129. The van der Waals surface area contributed by atoms with E-state index in [0.29, 0.717) is 5.00 Å². The number of carbonyl (C=O) groups is 1. The monoisotopic (exact) mass is 261 g/mol. The van der Waals surface area contributed by atoms with Crippen LogP contribution < -0.4 is 4.72 Å². The molecular formula is C9H11NO4S2. The van der Waals surface area contributed by atoms with Crippen molar-refractivity contribution in [1.82, 2.24) is 0 Å². The molecule has 0 aliphatic heterocycles. The molecule has 0 aromatic carbocycles. The third-order valence-electron chi connectivity index (χ3n) is 2.22. The molecule has 16 heavy (non-hydrogen) atoms. The molecule has 1 aliphatic carbocycles. The smallest absolute Gasteiger partial charge is 0.345 e. The van der Waals surface area contributed by atoms with Crippen LogP contribution in [-0.2, 0) is 10.0 Å². The first kappa shape index (κ1) is 11.4. The topological polar surface area (TPSA) is 83.5 Å². The van der Waals surface area contributed by atoms with Gasteiger partial charge in [-0.25, -0.2) is 13.2 Å². The summed E-state index contributed by atoms with van der Waals surface area (Å²) in [6.07, 6.45) is 1.93. The van der Waals surface area contributed by atoms with Gasteiger partial charge in [-0.3, -0.25) is 4.72 Å². The van der Waals surface area contributed by atoms with Gasteiger partial charge in [-0.1, -0.05) is 0 Å². The van der Waals surface area contributed by atoms with E-state index in [1.807, 2.05) is 0 Å². The van der Waals surface area contributed by atoms with Crippen molar-refractivity contribution in [2.24, 2.45) is 5.92 Å². The van der Waals surface area contributed by atoms with Gasteiger partial charge in [0, 0.05) is 0 Å². The van der Waals surface area contributed by atoms with Gasteiger partial charge in [0.2, 0.25) is 10.0 Å². The van der Waals surface area contributed by atoms with Crippen LogP contribution in [0.4, 0.5) is 5.00 Å². The molecule has 0 atom stereocenters. The number of nitrogens with one attached hydrogen (secondary N) is 1. The zero-order chi connectivity index (χ0) is 11.8. The van der Waals surface area contributed by atoms with Crippen LogP contribution in [0.15, 0.2) is 12.1 Å². The Morgan fingerprint density at radius 1 is 1.50 bits per heavy atom. The lowest BCUT2D eigenvalue weighted by atomic mass is 10.5. The number of hydrogen-bond acceptors (Lipinski definition) is 4. The molecule has 1 aliphatic rings. The maximum Gasteiger partial charge on any atom is 0.345 e. The number of thiophene rings is 1. The molecule has 0 amide bonds. The fraction of sp³-hybridized carbons (Fsp3) is 0.444. The Kier molecular flexibility index (Phi) is 2.90. The summed E-state index contributed by atoms with van der Waals surface area (Å²) >= 11 is 0.926. The second kappa shape index (κ2) is 4.06. The molecule has 0 saturated heterocycles. The summed E-state index contributed by atoms with van der Waals surface area (Å²) in [5.74, 6) is -0.637. The number of aromatic carboxylic acids is 1. The Balaban J connectivity index is 2.04. The number of hydrogen-bond donors (Lipinski definition) is 2. The van der Waals surface area contributed by atoms with E-state index < -0.39 is 16.0 Å². The molecule has 0 bridgehead atoms. The Morgan fingerprint density at radius 2 is 2.19 bits per heavy atom. The van der Waals surface area contributed by atoms with Gasteiger partial charge < -0.3 is 5.11 Å². The maximum absolute atomic E-state index is 11.6. The molecule has 7 heteroatoms. The zero-order valence-electron chi connectivity index (χ0n) is 8.34. The highest BCUT2D eigenvalue weighted by Gasteiger charge is 2.28. The van der Waals surface area contributed by atoms with Crippen molar-refractivity contribution in [1.29, 1.82) is 0 Å². The summed E-state index contributed by atoms with van der Waals surface area (Å²) < 4.78 is 25.5. The van der Waals surface area contributed by atoms with E-state index in [1.165, 1.54) is 12.1 Å². The van der Waals surface area contributed by atoms with E-state index in [0.717, 1.165) is 24.2 Å². The van der Waals surface area contributed by atoms with Crippen molar-refractivity contribution in [2.45, 2.75) is 12.8 Å². The number of carboxylic acid groups (broad SMARTS) is 1. The fourth-order valence-electron chi connectivity index (χ4n) is 1.30. The predicted octanol–water partition coefficient (Wildman–Crippen LogP) is 1.60.